The van der Waals surface area contributed by atoms with Crippen LogP contribution in [0.3, 0.4) is 0 Å². The normalized spacial score (nSPS) is 11.0. The summed E-state index contributed by atoms with van der Waals surface area (Å²) in [6.45, 7) is 0. The number of para-hydroxylation sites is 1. The molecule has 0 aliphatic heterocycles. The smallest absolute Gasteiger partial charge is 0.198 e. The summed E-state index contributed by atoms with van der Waals surface area (Å²) in [7, 11) is 0. The van der Waals surface area contributed by atoms with Crippen LogP contribution in [0.1, 0.15) is 0 Å². The van der Waals surface area contributed by atoms with E-state index in [9.17, 15) is 4.79 Å². The average molecular weight is 272 g/mol. The lowest BCUT2D eigenvalue weighted by atomic mass is 10.1. The van der Waals surface area contributed by atoms with E-state index in [0.717, 1.165) is 16.3 Å². The molecule has 0 saturated carbocycles. The van der Waals surface area contributed by atoms with E-state index >= 15 is 0 Å². The quantitative estimate of drug-likeness (QED) is 0.573. The van der Waals surface area contributed by atoms with E-state index in [0.29, 0.717) is 16.6 Å². The fraction of sp³-hybridized carbons (Fsp3) is 0. The first-order valence-electron chi connectivity index (χ1n) is 6.78. The minimum atomic E-state index is 0.00660. The van der Waals surface area contributed by atoms with Crippen LogP contribution in [0.25, 0.3) is 32.9 Å². The Hall–Kier alpha value is -2.94. The number of H-pyrrole nitrogens is 1. The second kappa shape index (κ2) is 4.56. The summed E-state index contributed by atoms with van der Waals surface area (Å²) in [5, 5.41) is 2.83. The second-order valence-corrected chi connectivity index (χ2v) is 4.99. The van der Waals surface area contributed by atoms with Gasteiger partial charge in [0.15, 0.2) is 5.43 Å². The van der Waals surface area contributed by atoms with Crippen molar-refractivity contribution in [3.8, 4) is 11.3 Å². The zero-order valence-electron chi connectivity index (χ0n) is 11.2. The summed E-state index contributed by atoms with van der Waals surface area (Å²) in [4.78, 5) is 20.2. The van der Waals surface area contributed by atoms with Gasteiger partial charge in [-0.25, -0.2) is 0 Å². The lowest BCUT2D eigenvalue weighted by Crippen LogP contribution is -2.07. The van der Waals surface area contributed by atoms with Crippen molar-refractivity contribution in [3.63, 3.8) is 0 Å². The van der Waals surface area contributed by atoms with Crippen molar-refractivity contribution in [1.29, 1.82) is 0 Å². The standard InChI is InChI=1S/C18H12N2O/c21-18-14-7-3-4-8-16(14)20-11-15(18)17-9-12-5-1-2-6-13(12)10-19-17/h1-11H,(H,20,21). The SMILES string of the molecule is O=c1c(-c2cc3ccccc3cn2)c[nH]c2ccccc12. The number of nitrogens with one attached hydrogen (secondary N) is 1. The van der Waals surface area contributed by atoms with Gasteiger partial charge in [0, 0.05) is 28.7 Å². The molecule has 0 bridgehead atoms. The molecule has 0 amide bonds. The summed E-state index contributed by atoms with van der Waals surface area (Å²) in [5.74, 6) is 0. The molecule has 0 unspecified atom stereocenters. The molecule has 0 aliphatic rings. The van der Waals surface area contributed by atoms with Gasteiger partial charge in [0.2, 0.25) is 0 Å². The van der Waals surface area contributed by atoms with Crippen LogP contribution >= 0.6 is 0 Å². The van der Waals surface area contributed by atoms with Crippen molar-refractivity contribution in [3.05, 3.63) is 77.2 Å². The minimum Gasteiger partial charge on any atom is -0.360 e. The predicted molar refractivity (Wildman–Crippen MR) is 85.3 cm³/mol. The Bertz CT molecular complexity index is 1020. The molecular weight excluding hydrogens is 260 g/mol. The molecule has 4 rings (SSSR count). The highest BCUT2D eigenvalue weighted by Crippen LogP contribution is 2.20. The Morgan fingerprint density at radius 3 is 2.57 bits per heavy atom. The van der Waals surface area contributed by atoms with Gasteiger partial charge < -0.3 is 4.98 Å². The van der Waals surface area contributed by atoms with Crippen LogP contribution in [0.15, 0.2) is 71.8 Å². The third-order valence-electron chi connectivity index (χ3n) is 3.70. The molecule has 2 heterocycles. The van der Waals surface area contributed by atoms with E-state index in [1.807, 2.05) is 54.6 Å². The number of fused-ring (bicyclic) bond motifs is 2. The maximum Gasteiger partial charge on any atom is 0.198 e. The Balaban J connectivity index is 2.00. The molecule has 3 nitrogen and oxygen atoms in total. The number of benzene rings is 2. The summed E-state index contributed by atoms with van der Waals surface area (Å²) in [5.41, 5.74) is 2.14. The molecule has 0 aliphatic carbocycles. The summed E-state index contributed by atoms with van der Waals surface area (Å²) >= 11 is 0. The Morgan fingerprint density at radius 2 is 1.67 bits per heavy atom. The number of aromatic amines is 1. The van der Waals surface area contributed by atoms with Gasteiger partial charge in [-0.15, -0.1) is 0 Å². The van der Waals surface area contributed by atoms with E-state index in [1.165, 1.54) is 0 Å². The van der Waals surface area contributed by atoms with Crippen LogP contribution in [0.2, 0.25) is 0 Å². The van der Waals surface area contributed by atoms with Gasteiger partial charge in [0.05, 0.1) is 11.3 Å². The third-order valence-corrected chi connectivity index (χ3v) is 3.70. The summed E-state index contributed by atoms with van der Waals surface area (Å²) in [6, 6.07) is 17.5. The van der Waals surface area contributed by atoms with Crippen LogP contribution in [0, 0.1) is 0 Å². The Kier molecular flexibility index (Phi) is 2.57. The van der Waals surface area contributed by atoms with Crippen molar-refractivity contribution in [1.82, 2.24) is 9.97 Å². The van der Waals surface area contributed by atoms with E-state index < -0.39 is 0 Å². The lowest BCUT2D eigenvalue weighted by molar-refractivity contribution is 1.31. The highest BCUT2D eigenvalue weighted by Gasteiger charge is 2.08. The first-order valence-corrected chi connectivity index (χ1v) is 6.78. The molecule has 0 radical (unpaired) electrons. The fourth-order valence-electron chi connectivity index (χ4n) is 2.59. The van der Waals surface area contributed by atoms with Crippen LogP contribution in [0.5, 0.6) is 0 Å². The number of hydrogen-bond acceptors (Lipinski definition) is 2. The first kappa shape index (κ1) is 11.9. The fourth-order valence-corrected chi connectivity index (χ4v) is 2.59. The summed E-state index contributed by atoms with van der Waals surface area (Å²) < 4.78 is 0. The molecule has 2 aromatic heterocycles. The molecule has 1 N–H and O–H groups in total. The number of rotatable bonds is 1. The molecule has 0 saturated heterocycles. The van der Waals surface area contributed by atoms with Crippen LogP contribution < -0.4 is 5.43 Å². The third kappa shape index (κ3) is 1.91. The van der Waals surface area contributed by atoms with Gasteiger partial charge in [0.1, 0.15) is 0 Å². The van der Waals surface area contributed by atoms with Crippen molar-refractivity contribution in [2.24, 2.45) is 0 Å². The van der Waals surface area contributed by atoms with E-state index in [2.05, 4.69) is 9.97 Å². The monoisotopic (exact) mass is 272 g/mol. The van der Waals surface area contributed by atoms with E-state index in [-0.39, 0.29) is 5.43 Å². The Morgan fingerprint density at radius 1 is 0.905 bits per heavy atom. The molecule has 21 heavy (non-hydrogen) atoms. The van der Waals surface area contributed by atoms with Gasteiger partial charge in [-0.3, -0.25) is 9.78 Å². The van der Waals surface area contributed by atoms with Gasteiger partial charge in [-0.05, 0) is 23.6 Å². The van der Waals surface area contributed by atoms with Crippen LogP contribution in [0.4, 0.5) is 0 Å². The molecule has 0 fully saturated rings. The number of pyridine rings is 2. The van der Waals surface area contributed by atoms with Crippen LogP contribution in [-0.4, -0.2) is 9.97 Å². The molecule has 3 heteroatoms. The largest absolute Gasteiger partial charge is 0.360 e. The van der Waals surface area contributed by atoms with E-state index in [1.54, 1.807) is 12.4 Å². The zero-order valence-corrected chi connectivity index (χ0v) is 11.2. The maximum atomic E-state index is 12.6. The Labute approximate surface area is 120 Å². The first-order chi connectivity index (χ1) is 10.3. The van der Waals surface area contributed by atoms with Gasteiger partial charge in [-0.1, -0.05) is 36.4 Å². The average Bonchev–Trinajstić information content (AvgIpc) is 2.55. The molecule has 2 aromatic carbocycles. The minimum absolute atomic E-state index is 0.00660. The molecular formula is C18H12N2O. The summed E-state index contributed by atoms with van der Waals surface area (Å²) in [6.07, 6.45) is 3.54. The van der Waals surface area contributed by atoms with Gasteiger partial charge >= 0.3 is 0 Å². The van der Waals surface area contributed by atoms with Gasteiger partial charge in [0.25, 0.3) is 0 Å². The molecule has 0 atom stereocenters. The van der Waals surface area contributed by atoms with Crippen molar-refractivity contribution < 1.29 is 0 Å². The lowest BCUT2D eigenvalue weighted by Gasteiger charge is -2.04. The zero-order chi connectivity index (χ0) is 14.2. The van der Waals surface area contributed by atoms with E-state index in [4.69, 9.17) is 0 Å². The highest BCUT2D eigenvalue weighted by atomic mass is 16.1. The molecule has 100 valence electrons. The number of hydrogen-bond donors (Lipinski definition) is 1. The number of aromatic nitrogens is 2. The van der Waals surface area contributed by atoms with Crippen LogP contribution in [-0.2, 0) is 0 Å². The topological polar surface area (TPSA) is 45.8 Å². The molecule has 4 aromatic rings. The van der Waals surface area contributed by atoms with Crippen molar-refractivity contribution in [2.75, 3.05) is 0 Å². The second-order valence-electron chi connectivity index (χ2n) is 4.99. The molecule has 0 spiro atoms. The van der Waals surface area contributed by atoms with Crippen molar-refractivity contribution >= 4 is 21.7 Å². The van der Waals surface area contributed by atoms with Gasteiger partial charge in [-0.2, -0.15) is 0 Å². The predicted octanol–water partition coefficient (Wildman–Crippen LogP) is 3.74. The number of nitrogens with zero attached hydrogens (tertiary/aromatic N) is 1. The maximum absolute atomic E-state index is 12.6. The highest BCUT2D eigenvalue weighted by molar-refractivity contribution is 5.87. The van der Waals surface area contributed by atoms with Crippen molar-refractivity contribution in [2.45, 2.75) is 0 Å².